The van der Waals surface area contributed by atoms with Crippen LogP contribution in [0.25, 0.3) is 0 Å². The molecule has 0 aromatic heterocycles. The summed E-state index contributed by atoms with van der Waals surface area (Å²) in [5.41, 5.74) is 4.61. The summed E-state index contributed by atoms with van der Waals surface area (Å²) >= 11 is 11.9. The van der Waals surface area contributed by atoms with Gasteiger partial charge in [0.25, 0.3) is 0 Å². The van der Waals surface area contributed by atoms with E-state index >= 15 is 0 Å². The first-order valence-electron chi connectivity index (χ1n) is 6.14. The van der Waals surface area contributed by atoms with Gasteiger partial charge in [0, 0.05) is 10.6 Å². The van der Waals surface area contributed by atoms with Crippen LogP contribution in [0.3, 0.4) is 0 Å². The Bertz CT molecular complexity index is 559. The van der Waals surface area contributed by atoms with Crippen LogP contribution in [0, 0.1) is 13.8 Å². The average Bonchev–Trinajstić information content (AvgIpc) is 2.39. The van der Waals surface area contributed by atoms with Gasteiger partial charge in [0.1, 0.15) is 12.4 Å². The van der Waals surface area contributed by atoms with E-state index in [1.807, 2.05) is 18.2 Å². The van der Waals surface area contributed by atoms with Gasteiger partial charge in [-0.3, -0.25) is 0 Å². The molecule has 0 fully saturated rings. The summed E-state index contributed by atoms with van der Waals surface area (Å²) in [6.07, 6.45) is 0. The van der Waals surface area contributed by atoms with Crippen LogP contribution in [0.4, 0.5) is 0 Å². The highest BCUT2D eigenvalue weighted by Crippen LogP contribution is 2.26. The standard InChI is InChI=1S/C16H16Cl2O/c1-11-4-3-5-12(2)15(11)10-19-16-7-6-14(18)8-13(16)9-17/h3-8H,9-10H2,1-2H3. The smallest absolute Gasteiger partial charge is 0.124 e. The summed E-state index contributed by atoms with van der Waals surface area (Å²) in [5, 5.41) is 0.676. The lowest BCUT2D eigenvalue weighted by Crippen LogP contribution is -2.02. The lowest BCUT2D eigenvalue weighted by atomic mass is 10.0. The second kappa shape index (κ2) is 6.31. The van der Waals surface area contributed by atoms with E-state index in [0.717, 1.165) is 11.3 Å². The van der Waals surface area contributed by atoms with Crippen molar-refractivity contribution < 1.29 is 4.74 Å². The van der Waals surface area contributed by atoms with Gasteiger partial charge < -0.3 is 4.74 Å². The van der Waals surface area contributed by atoms with Crippen molar-refractivity contribution in [3.05, 3.63) is 63.7 Å². The van der Waals surface area contributed by atoms with Crippen molar-refractivity contribution >= 4 is 23.2 Å². The molecule has 0 aliphatic heterocycles. The topological polar surface area (TPSA) is 9.23 Å². The van der Waals surface area contributed by atoms with Crippen LogP contribution in [0.15, 0.2) is 36.4 Å². The van der Waals surface area contributed by atoms with Crippen molar-refractivity contribution in [3.8, 4) is 5.75 Å². The second-order valence-corrected chi connectivity index (χ2v) is 5.25. The highest BCUT2D eigenvalue weighted by atomic mass is 35.5. The Morgan fingerprint density at radius 2 is 1.74 bits per heavy atom. The normalized spacial score (nSPS) is 10.5. The van der Waals surface area contributed by atoms with Gasteiger partial charge in [-0.15, -0.1) is 11.6 Å². The third-order valence-corrected chi connectivity index (χ3v) is 3.71. The van der Waals surface area contributed by atoms with Crippen LogP contribution in [0.5, 0.6) is 5.75 Å². The minimum absolute atomic E-state index is 0.392. The second-order valence-electron chi connectivity index (χ2n) is 4.54. The van der Waals surface area contributed by atoms with Crippen molar-refractivity contribution in [2.75, 3.05) is 0 Å². The zero-order chi connectivity index (χ0) is 13.8. The molecule has 0 N–H and O–H groups in total. The van der Waals surface area contributed by atoms with Crippen LogP contribution in [0.1, 0.15) is 22.3 Å². The molecular formula is C16H16Cl2O. The Hall–Kier alpha value is -1.18. The molecule has 2 aromatic carbocycles. The molecule has 3 heteroatoms. The van der Waals surface area contributed by atoms with Gasteiger partial charge in [-0.2, -0.15) is 0 Å². The predicted octanol–water partition coefficient (Wildman–Crippen LogP) is 5.27. The molecule has 0 bridgehead atoms. The molecule has 0 radical (unpaired) electrons. The monoisotopic (exact) mass is 294 g/mol. The highest BCUT2D eigenvalue weighted by molar-refractivity contribution is 6.30. The molecule has 100 valence electrons. The summed E-state index contributed by atoms with van der Waals surface area (Å²) in [6.45, 7) is 4.73. The lowest BCUT2D eigenvalue weighted by Gasteiger charge is -2.13. The summed E-state index contributed by atoms with van der Waals surface area (Å²) in [7, 11) is 0. The third kappa shape index (κ3) is 3.43. The predicted molar refractivity (Wildman–Crippen MR) is 81.3 cm³/mol. The van der Waals surface area contributed by atoms with E-state index in [2.05, 4.69) is 32.0 Å². The largest absolute Gasteiger partial charge is 0.489 e. The Morgan fingerprint density at radius 3 is 2.37 bits per heavy atom. The van der Waals surface area contributed by atoms with Gasteiger partial charge in [0.15, 0.2) is 0 Å². The van der Waals surface area contributed by atoms with Crippen LogP contribution in [-0.2, 0) is 12.5 Å². The first-order chi connectivity index (χ1) is 9.11. The van der Waals surface area contributed by atoms with Crippen LogP contribution < -0.4 is 4.74 Å². The molecule has 2 rings (SSSR count). The van der Waals surface area contributed by atoms with E-state index in [1.54, 1.807) is 0 Å². The van der Waals surface area contributed by atoms with Gasteiger partial charge >= 0.3 is 0 Å². The van der Waals surface area contributed by atoms with E-state index in [9.17, 15) is 0 Å². The number of benzene rings is 2. The average molecular weight is 295 g/mol. The number of ether oxygens (including phenoxy) is 1. The molecule has 19 heavy (non-hydrogen) atoms. The number of alkyl halides is 1. The minimum Gasteiger partial charge on any atom is -0.489 e. The number of halogens is 2. The Kier molecular flexibility index (Phi) is 4.73. The maximum absolute atomic E-state index is 5.95. The fourth-order valence-corrected chi connectivity index (χ4v) is 2.42. The fourth-order valence-electron chi connectivity index (χ4n) is 2.02. The number of hydrogen-bond acceptors (Lipinski definition) is 1. The maximum Gasteiger partial charge on any atom is 0.124 e. The molecule has 0 unspecified atom stereocenters. The van der Waals surface area contributed by atoms with E-state index in [0.29, 0.717) is 17.5 Å². The molecule has 1 nitrogen and oxygen atoms in total. The lowest BCUT2D eigenvalue weighted by molar-refractivity contribution is 0.302. The van der Waals surface area contributed by atoms with Gasteiger partial charge in [0.2, 0.25) is 0 Å². The van der Waals surface area contributed by atoms with E-state index < -0.39 is 0 Å². The molecule has 0 spiro atoms. The van der Waals surface area contributed by atoms with Gasteiger partial charge in [-0.1, -0.05) is 29.8 Å². The third-order valence-electron chi connectivity index (χ3n) is 3.18. The maximum atomic E-state index is 5.95. The molecule has 0 aliphatic rings. The molecule has 0 heterocycles. The van der Waals surface area contributed by atoms with E-state index in [-0.39, 0.29) is 0 Å². The molecule has 0 saturated carbocycles. The van der Waals surface area contributed by atoms with Gasteiger partial charge in [-0.25, -0.2) is 0 Å². The van der Waals surface area contributed by atoms with Gasteiger partial charge in [0.05, 0.1) is 5.88 Å². The zero-order valence-corrected chi connectivity index (χ0v) is 12.6. The van der Waals surface area contributed by atoms with Crippen molar-refractivity contribution in [1.29, 1.82) is 0 Å². The Labute approximate surface area is 124 Å². The summed E-state index contributed by atoms with van der Waals surface area (Å²) in [6, 6.07) is 11.8. The van der Waals surface area contributed by atoms with E-state index in [4.69, 9.17) is 27.9 Å². The molecule has 0 amide bonds. The molecule has 2 aromatic rings. The molecular weight excluding hydrogens is 279 g/mol. The first kappa shape index (κ1) is 14.2. The minimum atomic E-state index is 0.392. The number of rotatable bonds is 4. The first-order valence-corrected chi connectivity index (χ1v) is 7.05. The zero-order valence-electron chi connectivity index (χ0n) is 11.0. The Morgan fingerprint density at radius 1 is 1.05 bits per heavy atom. The number of hydrogen-bond donors (Lipinski definition) is 0. The van der Waals surface area contributed by atoms with Crippen molar-refractivity contribution in [1.82, 2.24) is 0 Å². The fraction of sp³-hybridized carbons (Fsp3) is 0.250. The summed E-state index contributed by atoms with van der Waals surface area (Å²) in [5.74, 6) is 1.19. The van der Waals surface area contributed by atoms with E-state index in [1.165, 1.54) is 16.7 Å². The summed E-state index contributed by atoms with van der Waals surface area (Å²) < 4.78 is 5.89. The van der Waals surface area contributed by atoms with Gasteiger partial charge in [-0.05, 0) is 48.7 Å². The number of aryl methyl sites for hydroxylation is 2. The quantitative estimate of drug-likeness (QED) is 0.698. The summed E-state index contributed by atoms with van der Waals surface area (Å²) in [4.78, 5) is 0. The van der Waals surface area contributed by atoms with Crippen LogP contribution >= 0.6 is 23.2 Å². The van der Waals surface area contributed by atoms with Crippen LogP contribution in [-0.4, -0.2) is 0 Å². The highest BCUT2D eigenvalue weighted by Gasteiger charge is 2.07. The van der Waals surface area contributed by atoms with Crippen molar-refractivity contribution in [2.45, 2.75) is 26.3 Å². The van der Waals surface area contributed by atoms with Crippen molar-refractivity contribution in [2.24, 2.45) is 0 Å². The molecule has 0 saturated heterocycles. The van der Waals surface area contributed by atoms with Crippen LogP contribution in [0.2, 0.25) is 5.02 Å². The molecule has 0 aliphatic carbocycles. The SMILES string of the molecule is Cc1cccc(C)c1COc1ccc(Cl)cc1CCl. The Balaban J connectivity index is 2.19. The van der Waals surface area contributed by atoms with Crippen molar-refractivity contribution in [3.63, 3.8) is 0 Å². The molecule has 0 atom stereocenters.